The minimum absolute atomic E-state index is 0.00796. The van der Waals surface area contributed by atoms with Crippen molar-refractivity contribution in [1.29, 1.82) is 0 Å². The Morgan fingerprint density at radius 2 is 2.07 bits per heavy atom. The summed E-state index contributed by atoms with van der Waals surface area (Å²) in [5, 5.41) is 5.89. The van der Waals surface area contributed by atoms with Gasteiger partial charge in [0.05, 0.1) is 0 Å². The number of hydrogen-bond acceptors (Lipinski definition) is 2. The van der Waals surface area contributed by atoms with E-state index in [1.54, 1.807) is 0 Å². The fraction of sp³-hybridized carbons (Fsp3) is 0.909. The van der Waals surface area contributed by atoms with E-state index in [9.17, 15) is 4.79 Å². The van der Waals surface area contributed by atoms with Crippen molar-refractivity contribution in [2.75, 3.05) is 26.7 Å². The van der Waals surface area contributed by atoms with Gasteiger partial charge in [-0.3, -0.25) is 0 Å². The number of amides is 2. The van der Waals surface area contributed by atoms with Gasteiger partial charge in [0.25, 0.3) is 0 Å². The largest absolute Gasteiger partial charge is 0.337 e. The SMILES string of the molecule is CCN(C)CCNC(=O)NC1CCCC1. The number of urea groups is 1. The maximum absolute atomic E-state index is 11.4. The number of nitrogens with one attached hydrogen (secondary N) is 2. The van der Waals surface area contributed by atoms with Crippen LogP contribution in [0.3, 0.4) is 0 Å². The van der Waals surface area contributed by atoms with E-state index in [4.69, 9.17) is 0 Å². The molecule has 1 aliphatic carbocycles. The van der Waals surface area contributed by atoms with Gasteiger partial charge >= 0.3 is 6.03 Å². The molecule has 0 saturated heterocycles. The Labute approximate surface area is 92.4 Å². The first-order valence-corrected chi connectivity index (χ1v) is 5.95. The molecule has 2 N–H and O–H groups in total. The third-order valence-electron chi connectivity index (χ3n) is 3.01. The molecule has 0 aromatic carbocycles. The molecule has 0 aliphatic heterocycles. The fourth-order valence-electron chi connectivity index (χ4n) is 1.82. The second kappa shape index (κ2) is 6.67. The molecule has 1 aliphatic rings. The Hall–Kier alpha value is -0.770. The number of carbonyl (C=O) groups is 1. The van der Waals surface area contributed by atoms with Crippen LogP contribution in [0, 0.1) is 0 Å². The van der Waals surface area contributed by atoms with Gasteiger partial charge in [0.1, 0.15) is 0 Å². The molecule has 2 amide bonds. The molecule has 0 heterocycles. The Morgan fingerprint density at radius 3 is 2.67 bits per heavy atom. The lowest BCUT2D eigenvalue weighted by Crippen LogP contribution is -2.43. The predicted molar refractivity (Wildman–Crippen MR) is 62.0 cm³/mol. The zero-order valence-electron chi connectivity index (χ0n) is 9.88. The van der Waals surface area contributed by atoms with Gasteiger partial charge < -0.3 is 15.5 Å². The molecular weight excluding hydrogens is 190 g/mol. The lowest BCUT2D eigenvalue weighted by atomic mass is 10.2. The van der Waals surface area contributed by atoms with Crippen LogP contribution in [0.2, 0.25) is 0 Å². The smallest absolute Gasteiger partial charge is 0.315 e. The molecule has 1 saturated carbocycles. The van der Waals surface area contributed by atoms with Gasteiger partial charge in [-0.1, -0.05) is 19.8 Å². The highest BCUT2D eigenvalue weighted by Crippen LogP contribution is 2.17. The lowest BCUT2D eigenvalue weighted by Gasteiger charge is -2.16. The van der Waals surface area contributed by atoms with Crippen LogP contribution in [-0.4, -0.2) is 43.7 Å². The molecule has 1 fully saturated rings. The minimum atomic E-state index is -0.00796. The van der Waals surface area contributed by atoms with Crippen molar-refractivity contribution in [2.24, 2.45) is 0 Å². The molecule has 4 nitrogen and oxygen atoms in total. The van der Waals surface area contributed by atoms with Crippen molar-refractivity contribution in [1.82, 2.24) is 15.5 Å². The van der Waals surface area contributed by atoms with E-state index in [-0.39, 0.29) is 6.03 Å². The second-order valence-corrected chi connectivity index (χ2v) is 4.28. The molecule has 15 heavy (non-hydrogen) atoms. The van der Waals surface area contributed by atoms with Crippen LogP contribution in [0.15, 0.2) is 0 Å². The van der Waals surface area contributed by atoms with Gasteiger partial charge in [-0.05, 0) is 26.4 Å². The summed E-state index contributed by atoms with van der Waals surface area (Å²) in [6, 6.07) is 0.403. The summed E-state index contributed by atoms with van der Waals surface area (Å²) >= 11 is 0. The highest BCUT2D eigenvalue weighted by atomic mass is 16.2. The Balaban J connectivity index is 2.02. The molecule has 0 aromatic heterocycles. The van der Waals surface area contributed by atoms with Crippen molar-refractivity contribution in [3.8, 4) is 0 Å². The molecule has 0 bridgehead atoms. The summed E-state index contributed by atoms with van der Waals surface area (Å²) < 4.78 is 0. The summed E-state index contributed by atoms with van der Waals surface area (Å²) in [7, 11) is 2.05. The summed E-state index contributed by atoms with van der Waals surface area (Å²) in [5.41, 5.74) is 0. The van der Waals surface area contributed by atoms with Crippen LogP contribution in [0.4, 0.5) is 4.79 Å². The minimum Gasteiger partial charge on any atom is -0.337 e. The second-order valence-electron chi connectivity index (χ2n) is 4.28. The van der Waals surface area contributed by atoms with Gasteiger partial charge in [0, 0.05) is 19.1 Å². The van der Waals surface area contributed by atoms with Crippen molar-refractivity contribution in [2.45, 2.75) is 38.6 Å². The van der Waals surface area contributed by atoms with E-state index in [1.165, 1.54) is 12.8 Å². The first-order chi connectivity index (χ1) is 7.22. The van der Waals surface area contributed by atoms with Gasteiger partial charge in [-0.15, -0.1) is 0 Å². The van der Waals surface area contributed by atoms with E-state index in [0.717, 1.165) is 32.5 Å². The average molecular weight is 213 g/mol. The first-order valence-electron chi connectivity index (χ1n) is 5.95. The lowest BCUT2D eigenvalue weighted by molar-refractivity contribution is 0.235. The average Bonchev–Trinajstić information content (AvgIpc) is 2.70. The van der Waals surface area contributed by atoms with Crippen LogP contribution >= 0.6 is 0 Å². The Kier molecular flexibility index (Phi) is 5.47. The first kappa shape index (κ1) is 12.3. The van der Waals surface area contributed by atoms with Crippen molar-refractivity contribution >= 4 is 6.03 Å². The van der Waals surface area contributed by atoms with Crippen LogP contribution in [0.25, 0.3) is 0 Å². The molecule has 0 unspecified atom stereocenters. The number of carbonyl (C=O) groups excluding carboxylic acids is 1. The molecular formula is C11H23N3O. The van der Waals surface area contributed by atoms with Crippen LogP contribution < -0.4 is 10.6 Å². The Bertz CT molecular complexity index is 190. The zero-order valence-corrected chi connectivity index (χ0v) is 9.88. The zero-order chi connectivity index (χ0) is 11.1. The molecule has 1 rings (SSSR count). The molecule has 0 radical (unpaired) electrons. The molecule has 4 heteroatoms. The molecule has 0 atom stereocenters. The van der Waals surface area contributed by atoms with E-state index < -0.39 is 0 Å². The highest BCUT2D eigenvalue weighted by molar-refractivity contribution is 5.74. The third-order valence-corrected chi connectivity index (χ3v) is 3.01. The van der Waals surface area contributed by atoms with Gasteiger partial charge in [-0.2, -0.15) is 0 Å². The van der Waals surface area contributed by atoms with Gasteiger partial charge in [0.15, 0.2) is 0 Å². The number of nitrogens with zero attached hydrogens (tertiary/aromatic N) is 1. The summed E-state index contributed by atoms with van der Waals surface area (Å²) in [4.78, 5) is 13.6. The van der Waals surface area contributed by atoms with E-state index in [1.807, 2.05) is 0 Å². The number of hydrogen-bond donors (Lipinski definition) is 2. The van der Waals surface area contributed by atoms with Gasteiger partial charge in [-0.25, -0.2) is 4.79 Å². The molecule has 0 spiro atoms. The fourth-order valence-corrected chi connectivity index (χ4v) is 1.82. The van der Waals surface area contributed by atoms with Crippen molar-refractivity contribution in [3.63, 3.8) is 0 Å². The Morgan fingerprint density at radius 1 is 1.40 bits per heavy atom. The van der Waals surface area contributed by atoms with E-state index >= 15 is 0 Å². The van der Waals surface area contributed by atoms with Crippen LogP contribution in [-0.2, 0) is 0 Å². The maximum atomic E-state index is 11.4. The highest BCUT2D eigenvalue weighted by Gasteiger charge is 2.16. The number of likely N-dealkylation sites (N-methyl/N-ethyl adjacent to an activating group) is 1. The van der Waals surface area contributed by atoms with E-state index in [2.05, 4.69) is 29.5 Å². The van der Waals surface area contributed by atoms with Crippen LogP contribution in [0.5, 0.6) is 0 Å². The monoisotopic (exact) mass is 213 g/mol. The summed E-state index contributed by atoms with van der Waals surface area (Å²) in [6.45, 7) is 4.77. The summed E-state index contributed by atoms with van der Waals surface area (Å²) in [5.74, 6) is 0. The normalized spacial score (nSPS) is 17.0. The topological polar surface area (TPSA) is 44.4 Å². The molecule has 0 aromatic rings. The maximum Gasteiger partial charge on any atom is 0.315 e. The van der Waals surface area contributed by atoms with Crippen molar-refractivity contribution in [3.05, 3.63) is 0 Å². The molecule has 88 valence electrons. The van der Waals surface area contributed by atoms with Crippen molar-refractivity contribution < 1.29 is 4.79 Å². The van der Waals surface area contributed by atoms with Crippen LogP contribution in [0.1, 0.15) is 32.6 Å². The standard InChI is InChI=1S/C11H23N3O/c1-3-14(2)9-8-12-11(15)13-10-6-4-5-7-10/h10H,3-9H2,1-2H3,(H2,12,13,15). The quantitative estimate of drug-likeness (QED) is 0.720. The third kappa shape index (κ3) is 5.02. The predicted octanol–water partition coefficient (Wildman–Crippen LogP) is 1.18. The number of rotatable bonds is 5. The summed E-state index contributed by atoms with van der Waals surface area (Å²) in [6.07, 6.45) is 4.79. The van der Waals surface area contributed by atoms with E-state index in [0.29, 0.717) is 6.04 Å². The van der Waals surface area contributed by atoms with Gasteiger partial charge in [0.2, 0.25) is 0 Å².